The molecule has 1 atom stereocenters. The van der Waals surface area contributed by atoms with E-state index in [-0.39, 0.29) is 18.8 Å². The normalized spacial score (nSPS) is 11.9. The fraction of sp³-hybridized carbons (Fsp3) is 0.417. The Morgan fingerprint density at radius 2 is 2.37 bits per heavy atom. The summed E-state index contributed by atoms with van der Waals surface area (Å²) in [6, 6.07) is 7.73. The quantitative estimate of drug-likeness (QED) is 0.444. The van der Waals surface area contributed by atoms with Crippen LogP contribution in [-0.4, -0.2) is 47.8 Å². The number of benzene rings is 1. The summed E-state index contributed by atoms with van der Waals surface area (Å²) in [6.45, 7) is 0.521. The summed E-state index contributed by atoms with van der Waals surface area (Å²) < 4.78 is 5.27. The van der Waals surface area contributed by atoms with Crippen molar-refractivity contribution in [1.82, 2.24) is 4.90 Å². The van der Waals surface area contributed by atoms with Crippen LogP contribution in [0.5, 0.6) is 5.75 Å². The van der Waals surface area contributed by atoms with Gasteiger partial charge < -0.3 is 9.84 Å². The number of rotatable bonds is 7. The summed E-state index contributed by atoms with van der Waals surface area (Å²) in [5, 5.41) is 28.7. The van der Waals surface area contributed by atoms with E-state index in [0.717, 1.165) is 0 Å². The fourth-order valence-corrected chi connectivity index (χ4v) is 1.48. The summed E-state index contributed by atoms with van der Waals surface area (Å²) in [6.07, 6.45) is -0.766. The lowest BCUT2D eigenvalue weighted by Gasteiger charge is -2.17. The highest BCUT2D eigenvalue weighted by Crippen LogP contribution is 2.19. The van der Waals surface area contributed by atoms with E-state index in [2.05, 4.69) is 0 Å². The standard InChI is InChI=1S/C12H15N3O4/c1-14(6-5-13)8-11(16)9-19-12-4-2-3-10(7-12)15(17)18/h2-4,7,11,16H,6,8-9H2,1H3. The van der Waals surface area contributed by atoms with Gasteiger partial charge >= 0.3 is 0 Å². The van der Waals surface area contributed by atoms with E-state index in [1.807, 2.05) is 6.07 Å². The van der Waals surface area contributed by atoms with E-state index >= 15 is 0 Å². The molecule has 1 unspecified atom stereocenters. The van der Waals surface area contributed by atoms with E-state index < -0.39 is 11.0 Å². The Hall–Kier alpha value is -2.17. The summed E-state index contributed by atoms with van der Waals surface area (Å²) >= 11 is 0. The third-order valence-corrected chi connectivity index (χ3v) is 2.33. The number of nitro groups is 1. The first kappa shape index (κ1) is 14.9. The number of aliphatic hydroxyl groups is 1. The number of ether oxygens (including phenoxy) is 1. The van der Waals surface area contributed by atoms with Crippen LogP contribution in [0.3, 0.4) is 0 Å². The van der Waals surface area contributed by atoms with Crippen LogP contribution in [0.1, 0.15) is 0 Å². The Bertz CT molecular complexity index is 472. The van der Waals surface area contributed by atoms with Gasteiger partial charge in [0.2, 0.25) is 0 Å². The minimum absolute atomic E-state index is 0.0108. The molecule has 1 aromatic rings. The van der Waals surface area contributed by atoms with Gasteiger partial charge in [0.05, 0.1) is 23.6 Å². The fourth-order valence-electron chi connectivity index (χ4n) is 1.48. The maximum atomic E-state index is 10.6. The zero-order chi connectivity index (χ0) is 14.3. The van der Waals surface area contributed by atoms with Gasteiger partial charge in [-0.15, -0.1) is 0 Å². The molecule has 0 aliphatic heterocycles. The average molecular weight is 265 g/mol. The molecule has 7 nitrogen and oxygen atoms in total. The van der Waals surface area contributed by atoms with Gasteiger partial charge in [-0.3, -0.25) is 15.0 Å². The Labute approximate surface area is 110 Å². The SMILES string of the molecule is CN(CC#N)CC(O)COc1cccc([N+](=O)[O-])c1. The van der Waals surface area contributed by atoms with Crippen molar-refractivity contribution >= 4 is 5.69 Å². The van der Waals surface area contributed by atoms with Crippen molar-refractivity contribution in [3.8, 4) is 11.8 Å². The van der Waals surface area contributed by atoms with Crippen molar-refractivity contribution in [2.75, 3.05) is 26.7 Å². The van der Waals surface area contributed by atoms with E-state index in [1.165, 1.54) is 18.2 Å². The van der Waals surface area contributed by atoms with Gasteiger partial charge in [-0.1, -0.05) is 6.07 Å². The van der Waals surface area contributed by atoms with Crippen LogP contribution in [0.4, 0.5) is 5.69 Å². The number of likely N-dealkylation sites (N-methyl/N-ethyl adjacent to an activating group) is 1. The van der Waals surface area contributed by atoms with Crippen LogP contribution >= 0.6 is 0 Å². The van der Waals surface area contributed by atoms with Gasteiger partial charge in [0.25, 0.3) is 5.69 Å². The molecule has 0 bridgehead atoms. The number of nitriles is 1. The molecule has 7 heteroatoms. The molecule has 0 amide bonds. The number of nitrogens with zero attached hydrogens (tertiary/aromatic N) is 3. The first-order valence-electron chi connectivity index (χ1n) is 5.63. The first-order valence-corrected chi connectivity index (χ1v) is 5.63. The molecule has 1 N–H and O–H groups in total. The van der Waals surface area contributed by atoms with Crippen molar-refractivity contribution in [3.63, 3.8) is 0 Å². The molecule has 0 heterocycles. The van der Waals surface area contributed by atoms with Gasteiger partial charge in [-0.05, 0) is 13.1 Å². The summed E-state index contributed by atoms with van der Waals surface area (Å²) in [5.74, 6) is 0.330. The van der Waals surface area contributed by atoms with Crippen LogP contribution in [0.2, 0.25) is 0 Å². The van der Waals surface area contributed by atoms with E-state index in [1.54, 1.807) is 18.0 Å². The second-order valence-corrected chi connectivity index (χ2v) is 4.07. The monoisotopic (exact) mass is 265 g/mol. The number of aliphatic hydroxyl groups excluding tert-OH is 1. The van der Waals surface area contributed by atoms with Crippen LogP contribution < -0.4 is 4.74 Å². The smallest absolute Gasteiger partial charge is 0.273 e. The van der Waals surface area contributed by atoms with Crippen molar-refractivity contribution in [3.05, 3.63) is 34.4 Å². The molecule has 0 spiro atoms. The molecule has 1 aromatic carbocycles. The topological polar surface area (TPSA) is 99.6 Å². The molecular formula is C12H15N3O4. The van der Waals surface area contributed by atoms with Crippen molar-refractivity contribution in [2.24, 2.45) is 0 Å². The lowest BCUT2D eigenvalue weighted by molar-refractivity contribution is -0.384. The number of hydrogen-bond donors (Lipinski definition) is 1. The number of hydrogen-bond acceptors (Lipinski definition) is 6. The van der Waals surface area contributed by atoms with Crippen molar-refractivity contribution < 1.29 is 14.8 Å². The van der Waals surface area contributed by atoms with Crippen molar-refractivity contribution in [2.45, 2.75) is 6.10 Å². The summed E-state index contributed by atoms with van der Waals surface area (Å²) in [5.41, 5.74) is -0.0615. The van der Waals surface area contributed by atoms with Gasteiger partial charge in [-0.2, -0.15) is 5.26 Å². The maximum Gasteiger partial charge on any atom is 0.273 e. The van der Waals surface area contributed by atoms with Gasteiger partial charge in [0.15, 0.2) is 0 Å². The van der Waals surface area contributed by atoms with Crippen LogP contribution in [0.15, 0.2) is 24.3 Å². The molecule has 0 saturated heterocycles. The van der Waals surface area contributed by atoms with Crippen molar-refractivity contribution in [1.29, 1.82) is 5.26 Å². The maximum absolute atomic E-state index is 10.6. The average Bonchev–Trinajstić information content (AvgIpc) is 2.37. The third-order valence-electron chi connectivity index (χ3n) is 2.33. The van der Waals surface area contributed by atoms with Gasteiger partial charge in [0.1, 0.15) is 18.5 Å². The third kappa shape index (κ3) is 5.33. The second-order valence-electron chi connectivity index (χ2n) is 4.07. The minimum atomic E-state index is -0.766. The largest absolute Gasteiger partial charge is 0.491 e. The zero-order valence-corrected chi connectivity index (χ0v) is 10.5. The van der Waals surface area contributed by atoms with Crippen LogP contribution in [0.25, 0.3) is 0 Å². The zero-order valence-electron chi connectivity index (χ0n) is 10.5. The summed E-state index contributed by atoms with van der Waals surface area (Å²) in [4.78, 5) is 11.7. The molecule has 0 aromatic heterocycles. The Morgan fingerprint density at radius 1 is 1.63 bits per heavy atom. The molecule has 0 aliphatic carbocycles. The van der Waals surface area contributed by atoms with Crippen LogP contribution in [0, 0.1) is 21.4 Å². The number of non-ortho nitro benzene ring substituents is 1. The first-order chi connectivity index (χ1) is 9.02. The molecule has 0 saturated carbocycles. The summed E-state index contributed by atoms with van der Waals surface area (Å²) in [7, 11) is 1.71. The van der Waals surface area contributed by atoms with E-state index in [9.17, 15) is 15.2 Å². The molecular weight excluding hydrogens is 250 g/mol. The number of nitro benzene ring substituents is 1. The highest BCUT2D eigenvalue weighted by atomic mass is 16.6. The van der Waals surface area contributed by atoms with Gasteiger partial charge in [0, 0.05) is 12.6 Å². The minimum Gasteiger partial charge on any atom is -0.491 e. The molecule has 19 heavy (non-hydrogen) atoms. The highest BCUT2D eigenvalue weighted by molar-refractivity contribution is 5.37. The van der Waals surface area contributed by atoms with Crippen LogP contribution in [-0.2, 0) is 0 Å². The van der Waals surface area contributed by atoms with E-state index in [4.69, 9.17) is 10.00 Å². The highest BCUT2D eigenvalue weighted by Gasteiger charge is 2.10. The predicted molar refractivity (Wildman–Crippen MR) is 67.7 cm³/mol. The lowest BCUT2D eigenvalue weighted by atomic mass is 10.3. The molecule has 0 aliphatic rings. The Morgan fingerprint density at radius 3 is 3.00 bits per heavy atom. The molecule has 102 valence electrons. The predicted octanol–water partition coefficient (Wildman–Crippen LogP) is 0.790. The Kier molecular flexibility index (Phi) is 5.73. The lowest BCUT2D eigenvalue weighted by Crippen LogP contribution is -2.33. The molecule has 0 fully saturated rings. The van der Waals surface area contributed by atoms with Gasteiger partial charge in [-0.25, -0.2) is 0 Å². The second kappa shape index (κ2) is 7.31. The molecule has 0 radical (unpaired) electrons. The van der Waals surface area contributed by atoms with E-state index in [0.29, 0.717) is 12.3 Å². The molecule has 1 rings (SSSR count). The Balaban J connectivity index is 2.46.